The first-order valence-corrected chi connectivity index (χ1v) is 9.44. The third-order valence-electron chi connectivity index (χ3n) is 4.74. The lowest BCUT2D eigenvalue weighted by atomic mass is 10.1. The lowest BCUT2D eigenvalue weighted by Crippen LogP contribution is -2.43. The number of alkyl halides is 6. The van der Waals surface area contributed by atoms with Gasteiger partial charge < -0.3 is 14.4 Å². The Morgan fingerprint density at radius 1 is 1.03 bits per heavy atom. The van der Waals surface area contributed by atoms with Gasteiger partial charge in [-0.1, -0.05) is 12.1 Å². The Morgan fingerprint density at radius 2 is 1.74 bits per heavy atom. The van der Waals surface area contributed by atoms with Crippen molar-refractivity contribution in [2.45, 2.75) is 38.1 Å². The molecule has 1 unspecified atom stereocenters. The van der Waals surface area contributed by atoms with Gasteiger partial charge in [0.1, 0.15) is 5.75 Å². The number of hydrogen-bond donors (Lipinski definition) is 0. The van der Waals surface area contributed by atoms with E-state index in [0.29, 0.717) is 24.9 Å². The van der Waals surface area contributed by atoms with E-state index >= 15 is 0 Å². The second-order valence-electron chi connectivity index (χ2n) is 7.10. The summed E-state index contributed by atoms with van der Waals surface area (Å²) in [5.74, 6) is -0.751. The van der Waals surface area contributed by atoms with Crippen LogP contribution in [0.5, 0.6) is 5.75 Å². The molecule has 0 radical (unpaired) electrons. The van der Waals surface area contributed by atoms with Crippen LogP contribution in [0.2, 0.25) is 0 Å². The van der Waals surface area contributed by atoms with Crippen molar-refractivity contribution in [3.05, 3.63) is 65.2 Å². The zero-order valence-electron chi connectivity index (χ0n) is 16.2. The highest BCUT2D eigenvalue weighted by molar-refractivity contribution is 5.94. The number of amides is 1. The molecule has 1 aliphatic rings. The molecular weight excluding hydrogens is 428 g/mol. The Morgan fingerprint density at radius 3 is 2.39 bits per heavy atom. The fourth-order valence-electron chi connectivity index (χ4n) is 3.29. The summed E-state index contributed by atoms with van der Waals surface area (Å²) in [4.78, 5) is 14.1. The molecule has 1 aliphatic heterocycles. The van der Waals surface area contributed by atoms with E-state index < -0.39 is 24.0 Å². The zero-order valence-corrected chi connectivity index (χ0v) is 16.2. The third kappa shape index (κ3) is 6.61. The van der Waals surface area contributed by atoms with E-state index in [0.717, 1.165) is 24.3 Å². The standard InChI is InChI=1S/C21H19F6NO3/c22-20(23,24)16-8-6-15(7-9-16)19(29)28-10-2-5-18(12-28)30-13-14-3-1-4-17(11-14)31-21(25,26)27/h1,3-4,6-9,11,18H,2,5,10,12-13H2. The number of halogens is 6. The molecule has 0 saturated carbocycles. The van der Waals surface area contributed by atoms with Crippen molar-refractivity contribution in [1.29, 1.82) is 0 Å². The number of ether oxygens (including phenoxy) is 2. The first kappa shape index (κ1) is 22.9. The van der Waals surface area contributed by atoms with Crippen LogP contribution in [0.25, 0.3) is 0 Å². The van der Waals surface area contributed by atoms with Crippen LogP contribution >= 0.6 is 0 Å². The lowest BCUT2D eigenvalue weighted by molar-refractivity contribution is -0.274. The first-order chi connectivity index (χ1) is 14.5. The van der Waals surface area contributed by atoms with E-state index in [2.05, 4.69) is 4.74 Å². The van der Waals surface area contributed by atoms with Crippen LogP contribution in [0.15, 0.2) is 48.5 Å². The summed E-state index contributed by atoms with van der Waals surface area (Å²) in [6.45, 7) is 0.704. The number of nitrogens with zero attached hydrogens (tertiary/aromatic N) is 1. The van der Waals surface area contributed by atoms with Gasteiger partial charge in [-0.05, 0) is 54.8 Å². The lowest BCUT2D eigenvalue weighted by Gasteiger charge is -2.33. The maximum Gasteiger partial charge on any atom is 0.573 e. The summed E-state index contributed by atoms with van der Waals surface area (Å²) in [7, 11) is 0. The maximum atomic E-state index is 12.7. The van der Waals surface area contributed by atoms with Crippen molar-refractivity contribution in [2.24, 2.45) is 0 Å². The minimum Gasteiger partial charge on any atom is -0.406 e. The average molecular weight is 447 g/mol. The van der Waals surface area contributed by atoms with Gasteiger partial charge in [-0.15, -0.1) is 13.2 Å². The smallest absolute Gasteiger partial charge is 0.406 e. The monoisotopic (exact) mass is 447 g/mol. The molecule has 0 aromatic heterocycles. The van der Waals surface area contributed by atoms with E-state index in [1.807, 2.05) is 0 Å². The van der Waals surface area contributed by atoms with Crippen LogP contribution in [0.3, 0.4) is 0 Å². The molecule has 0 aliphatic carbocycles. The molecule has 1 heterocycles. The number of hydrogen-bond acceptors (Lipinski definition) is 3. The number of carbonyl (C=O) groups excluding carboxylic acids is 1. The predicted octanol–water partition coefficient (Wildman–Crippen LogP) is 5.43. The van der Waals surface area contributed by atoms with E-state index in [-0.39, 0.29) is 30.6 Å². The van der Waals surface area contributed by atoms with Crippen molar-refractivity contribution in [3.8, 4) is 5.75 Å². The molecule has 1 fully saturated rings. The van der Waals surface area contributed by atoms with Gasteiger partial charge in [0.05, 0.1) is 18.3 Å². The molecular formula is C21H19F6NO3. The summed E-state index contributed by atoms with van der Waals surface area (Å²) in [6.07, 6.45) is -8.33. The molecule has 2 aromatic carbocycles. The van der Waals surface area contributed by atoms with Gasteiger partial charge in [0.25, 0.3) is 5.91 Å². The van der Waals surface area contributed by atoms with Gasteiger partial charge in [-0.25, -0.2) is 0 Å². The molecule has 0 bridgehead atoms. The molecule has 1 amide bonds. The normalized spacial score (nSPS) is 17.5. The summed E-state index contributed by atoms with van der Waals surface area (Å²) >= 11 is 0. The number of likely N-dealkylation sites (tertiary alicyclic amines) is 1. The van der Waals surface area contributed by atoms with E-state index in [1.165, 1.54) is 23.1 Å². The van der Waals surface area contributed by atoms with Crippen molar-refractivity contribution >= 4 is 5.91 Å². The Bertz CT molecular complexity index is 895. The number of carbonyl (C=O) groups is 1. The van der Waals surface area contributed by atoms with Crippen molar-refractivity contribution in [3.63, 3.8) is 0 Å². The van der Waals surface area contributed by atoms with Gasteiger partial charge in [0, 0.05) is 18.7 Å². The fraction of sp³-hybridized carbons (Fsp3) is 0.381. The SMILES string of the molecule is O=C(c1ccc(C(F)(F)F)cc1)N1CCCC(OCc2cccc(OC(F)(F)F)c2)C1. The van der Waals surface area contributed by atoms with Gasteiger partial charge in [0.2, 0.25) is 0 Å². The van der Waals surface area contributed by atoms with E-state index in [1.54, 1.807) is 6.07 Å². The topological polar surface area (TPSA) is 38.8 Å². The zero-order chi connectivity index (χ0) is 22.6. The van der Waals surface area contributed by atoms with Crippen LogP contribution in [-0.2, 0) is 17.5 Å². The van der Waals surface area contributed by atoms with Crippen molar-refractivity contribution in [2.75, 3.05) is 13.1 Å². The first-order valence-electron chi connectivity index (χ1n) is 9.44. The molecule has 168 valence electrons. The second-order valence-corrected chi connectivity index (χ2v) is 7.10. The average Bonchev–Trinajstić information content (AvgIpc) is 2.70. The van der Waals surface area contributed by atoms with Gasteiger partial charge >= 0.3 is 12.5 Å². The Hall–Kier alpha value is -2.75. The summed E-state index contributed by atoms with van der Waals surface area (Å²) in [6, 6.07) is 9.42. The fourth-order valence-corrected chi connectivity index (χ4v) is 3.29. The number of benzene rings is 2. The van der Waals surface area contributed by atoms with Crippen LogP contribution in [0.4, 0.5) is 26.3 Å². The highest BCUT2D eigenvalue weighted by Crippen LogP contribution is 2.29. The molecule has 1 saturated heterocycles. The van der Waals surface area contributed by atoms with Crippen LogP contribution in [-0.4, -0.2) is 36.4 Å². The molecule has 2 aromatic rings. The second kappa shape index (κ2) is 9.17. The highest BCUT2D eigenvalue weighted by Gasteiger charge is 2.32. The highest BCUT2D eigenvalue weighted by atomic mass is 19.4. The maximum absolute atomic E-state index is 12.7. The molecule has 0 N–H and O–H groups in total. The predicted molar refractivity (Wildman–Crippen MR) is 98.3 cm³/mol. The molecule has 0 spiro atoms. The Kier molecular flexibility index (Phi) is 6.78. The summed E-state index contributed by atoms with van der Waals surface area (Å²) < 4.78 is 84.7. The summed E-state index contributed by atoms with van der Waals surface area (Å²) in [5, 5.41) is 0. The molecule has 10 heteroatoms. The van der Waals surface area contributed by atoms with Crippen molar-refractivity contribution in [1.82, 2.24) is 4.90 Å². The van der Waals surface area contributed by atoms with E-state index in [9.17, 15) is 31.1 Å². The number of piperidine rings is 1. The van der Waals surface area contributed by atoms with Gasteiger partial charge in [-0.2, -0.15) is 13.2 Å². The minimum absolute atomic E-state index is 0.0298. The molecule has 4 nitrogen and oxygen atoms in total. The Labute approximate surface area is 174 Å². The number of rotatable bonds is 5. The van der Waals surface area contributed by atoms with Gasteiger partial charge in [-0.3, -0.25) is 4.79 Å². The molecule has 31 heavy (non-hydrogen) atoms. The quantitative estimate of drug-likeness (QED) is 0.575. The molecule has 1 atom stereocenters. The summed E-state index contributed by atoms with van der Waals surface area (Å²) in [5.41, 5.74) is -0.209. The van der Waals surface area contributed by atoms with Crippen LogP contribution in [0.1, 0.15) is 34.3 Å². The van der Waals surface area contributed by atoms with E-state index in [4.69, 9.17) is 4.74 Å². The third-order valence-corrected chi connectivity index (χ3v) is 4.74. The minimum atomic E-state index is -4.79. The largest absolute Gasteiger partial charge is 0.573 e. The van der Waals surface area contributed by atoms with Crippen LogP contribution < -0.4 is 4.74 Å². The molecule has 3 rings (SSSR count). The van der Waals surface area contributed by atoms with Crippen LogP contribution in [0, 0.1) is 0 Å². The van der Waals surface area contributed by atoms with Gasteiger partial charge in [0.15, 0.2) is 0 Å². The van der Waals surface area contributed by atoms with Crippen molar-refractivity contribution < 1.29 is 40.6 Å². The Balaban J connectivity index is 1.57.